The molecular weight excluding hydrogens is 268 g/mol. The molecule has 2 aromatic carbocycles. The molecule has 2 N–H and O–H groups in total. The van der Waals surface area contributed by atoms with Gasteiger partial charge in [-0.05, 0) is 23.8 Å². The van der Waals surface area contributed by atoms with Gasteiger partial charge in [0.05, 0.1) is 22.3 Å². The molecular formula is C16H16N2OS. The molecule has 0 aliphatic heterocycles. The molecule has 0 amide bonds. The van der Waals surface area contributed by atoms with Gasteiger partial charge < -0.3 is 10.5 Å². The van der Waals surface area contributed by atoms with Gasteiger partial charge in [-0.1, -0.05) is 30.3 Å². The summed E-state index contributed by atoms with van der Waals surface area (Å²) in [4.78, 5) is 4.64. The Balaban J connectivity index is 1.84. The maximum atomic E-state index is 6.25. The lowest BCUT2D eigenvalue weighted by molar-refractivity contribution is 0.415. The zero-order valence-electron chi connectivity index (χ0n) is 11.2. The van der Waals surface area contributed by atoms with Crippen LogP contribution in [0.4, 0.5) is 0 Å². The van der Waals surface area contributed by atoms with E-state index >= 15 is 0 Å². The summed E-state index contributed by atoms with van der Waals surface area (Å²) < 4.78 is 6.37. The van der Waals surface area contributed by atoms with Crippen molar-refractivity contribution in [2.45, 2.75) is 12.5 Å². The molecule has 0 radical (unpaired) electrons. The van der Waals surface area contributed by atoms with Crippen LogP contribution in [0.3, 0.4) is 0 Å². The largest absolute Gasteiger partial charge is 0.497 e. The zero-order valence-corrected chi connectivity index (χ0v) is 12.1. The number of methoxy groups -OCH3 is 1. The van der Waals surface area contributed by atoms with E-state index in [0.29, 0.717) is 0 Å². The highest BCUT2D eigenvalue weighted by atomic mass is 32.1. The Morgan fingerprint density at radius 1 is 1.20 bits per heavy atom. The SMILES string of the molecule is COc1ccc2nc(CC(N)c3ccccc3)sc2c1. The monoisotopic (exact) mass is 284 g/mol. The Morgan fingerprint density at radius 3 is 2.75 bits per heavy atom. The predicted molar refractivity (Wildman–Crippen MR) is 83.2 cm³/mol. The minimum absolute atomic E-state index is 0.0151. The van der Waals surface area contributed by atoms with Gasteiger partial charge in [-0.25, -0.2) is 4.98 Å². The third-order valence-corrected chi connectivity index (χ3v) is 4.30. The van der Waals surface area contributed by atoms with Crippen LogP contribution in [-0.2, 0) is 6.42 Å². The molecule has 20 heavy (non-hydrogen) atoms. The lowest BCUT2D eigenvalue weighted by Gasteiger charge is -2.09. The van der Waals surface area contributed by atoms with Gasteiger partial charge in [-0.3, -0.25) is 0 Å². The molecule has 0 aliphatic rings. The Morgan fingerprint density at radius 2 is 2.00 bits per heavy atom. The lowest BCUT2D eigenvalue weighted by atomic mass is 10.1. The highest BCUT2D eigenvalue weighted by molar-refractivity contribution is 7.18. The van der Waals surface area contributed by atoms with E-state index in [1.54, 1.807) is 18.4 Å². The first-order valence-electron chi connectivity index (χ1n) is 6.50. The fourth-order valence-corrected chi connectivity index (χ4v) is 3.23. The number of aromatic nitrogens is 1. The molecule has 1 atom stereocenters. The first-order chi connectivity index (χ1) is 9.76. The fourth-order valence-electron chi connectivity index (χ4n) is 2.17. The summed E-state index contributed by atoms with van der Waals surface area (Å²) >= 11 is 1.68. The summed E-state index contributed by atoms with van der Waals surface area (Å²) in [7, 11) is 1.68. The number of thiazole rings is 1. The van der Waals surface area contributed by atoms with Crippen molar-refractivity contribution in [3.8, 4) is 5.75 Å². The number of rotatable bonds is 4. The summed E-state index contributed by atoms with van der Waals surface area (Å²) in [5.74, 6) is 0.861. The van der Waals surface area contributed by atoms with Gasteiger partial charge >= 0.3 is 0 Å². The standard InChI is InChI=1S/C16H16N2OS/c1-19-12-7-8-14-15(9-12)20-16(18-14)10-13(17)11-5-3-2-4-6-11/h2-9,13H,10,17H2,1H3. The van der Waals surface area contributed by atoms with Crippen LogP contribution in [0.2, 0.25) is 0 Å². The number of hydrogen-bond acceptors (Lipinski definition) is 4. The second kappa shape index (κ2) is 5.61. The Labute approximate surface area is 122 Å². The normalized spacial score (nSPS) is 12.5. The Hall–Kier alpha value is -1.91. The van der Waals surface area contributed by atoms with Crippen LogP contribution in [0.5, 0.6) is 5.75 Å². The smallest absolute Gasteiger partial charge is 0.120 e. The molecule has 0 saturated carbocycles. The quantitative estimate of drug-likeness (QED) is 0.797. The van der Waals surface area contributed by atoms with Gasteiger partial charge in [0.2, 0.25) is 0 Å². The van der Waals surface area contributed by atoms with Crippen LogP contribution in [0.1, 0.15) is 16.6 Å². The van der Waals surface area contributed by atoms with E-state index in [1.807, 2.05) is 36.4 Å². The van der Waals surface area contributed by atoms with Crippen LogP contribution in [0.25, 0.3) is 10.2 Å². The number of fused-ring (bicyclic) bond motifs is 1. The van der Waals surface area contributed by atoms with Gasteiger partial charge in [0.1, 0.15) is 5.75 Å². The van der Waals surface area contributed by atoms with Gasteiger partial charge in [-0.2, -0.15) is 0 Å². The number of benzene rings is 2. The molecule has 1 unspecified atom stereocenters. The molecule has 0 fully saturated rings. The van der Waals surface area contributed by atoms with Gasteiger partial charge in [-0.15, -0.1) is 11.3 Å². The first-order valence-corrected chi connectivity index (χ1v) is 7.32. The average Bonchev–Trinajstić information content (AvgIpc) is 2.89. The highest BCUT2D eigenvalue weighted by Crippen LogP contribution is 2.28. The summed E-state index contributed by atoms with van der Waals surface area (Å²) in [6, 6.07) is 16.1. The molecule has 3 rings (SSSR count). The van der Waals surface area contributed by atoms with Crippen LogP contribution >= 0.6 is 11.3 Å². The summed E-state index contributed by atoms with van der Waals surface area (Å²) in [5, 5.41) is 1.06. The van der Waals surface area contributed by atoms with Crippen LogP contribution in [-0.4, -0.2) is 12.1 Å². The third kappa shape index (κ3) is 2.66. The van der Waals surface area contributed by atoms with Crippen molar-refractivity contribution in [1.82, 2.24) is 4.98 Å². The third-order valence-electron chi connectivity index (χ3n) is 3.26. The minimum Gasteiger partial charge on any atom is -0.497 e. The van der Waals surface area contributed by atoms with E-state index in [2.05, 4.69) is 17.1 Å². The second-order valence-electron chi connectivity index (χ2n) is 4.66. The molecule has 3 aromatic rings. The van der Waals surface area contributed by atoms with Crippen molar-refractivity contribution in [1.29, 1.82) is 0 Å². The molecule has 1 heterocycles. The van der Waals surface area contributed by atoms with E-state index in [4.69, 9.17) is 10.5 Å². The van der Waals surface area contributed by atoms with Crippen molar-refractivity contribution < 1.29 is 4.74 Å². The topological polar surface area (TPSA) is 48.1 Å². The number of hydrogen-bond donors (Lipinski definition) is 1. The second-order valence-corrected chi connectivity index (χ2v) is 5.78. The van der Waals surface area contributed by atoms with Crippen molar-refractivity contribution in [3.63, 3.8) is 0 Å². The molecule has 0 aliphatic carbocycles. The molecule has 1 aromatic heterocycles. The highest BCUT2D eigenvalue weighted by Gasteiger charge is 2.11. The van der Waals surface area contributed by atoms with Crippen molar-refractivity contribution in [3.05, 3.63) is 59.1 Å². The van der Waals surface area contributed by atoms with E-state index in [9.17, 15) is 0 Å². The van der Waals surface area contributed by atoms with Crippen LogP contribution in [0.15, 0.2) is 48.5 Å². The Bertz CT molecular complexity index is 709. The average molecular weight is 284 g/mol. The van der Waals surface area contributed by atoms with Crippen molar-refractivity contribution >= 4 is 21.6 Å². The first kappa shape index (κ1) is 13.1. The van der Waals surface area contributed by atoms with E-state index in [1.165, 1.54) is 0 Å². The number of nitrogens with zero attached hydrogens (tertiary/aromatic N) is 1. The van der Waals surface area contributed by atoms with Crippen LogP contribution in [0, 0.1) is 0 Å². The van der Waals surface area contributed by atoms with Crippen molar-refractivity contribution in [2.24, 2.45) is 5.73 Å². The number of ether oxygens (including phenoxy) is 1. The van der Waals surface area contributed by atoms with Crippen molar-refractivity contribution in [2.75, 3.05) is 7.11 Å². The molecule has 0 saturated heterocycles. The van der Waals surface area contributed by atoms with E-state index in [0.717, 1.165) is 33.0 Å². The van der Waals surface area contributed by atoms with E-state index in [-0.39, 0.29) is 6.04 Å². The van der Waals surface area contributed by atoms with E-state index < -0.39 is 0 Å². The van der Waals surface area contributed by atoms with Gasteiger partial charge in [0.15, 0.2) is 0 Å². The maximum Gasteiger partial charge on any atom is 0.120 e. The maximum absolute atomic E-state index is 6.25. The molecule has 3 nitrogen and oxygen atoms in total. The molecule has 0 bridgehead atoms. The summed E-state index contributed by atoms with van der Waals surface area (Å²) in [5.41, 5.74) is 8.40. The molecule has 0 spiro atoms. The summed E-state index contributed by atoms with van der Waals surface area (Å²) in [6.07, 6.45) is 0.756. The van der Waals surface area contributed by atoms with Gasteiger partial charge in [0, 0.05) is 12.5 Å². The Kier molecular flexibility index (Phi) is 3.67. The van der Waals surface area contributed by atoms with Crippen LogP contribution < -0.4 is 10.5 Å². The minimum atomic E-state index is -0.0151. The number of nitrogens with two attached hydrogens (primary N) is 1. The van der Waals surface area contributed by atoms with Gasteiger partial charge in [0.25, 0.3) is 0 Å². The predicted octanol–water partition coefficient (Wildman–Crippen LogP) is 3.55. The fraction of sp³-hybridized carbons (Fsp3) is 0.188. The lowest BCUT2D eigenvalue weighted by Crippen LogP contribution is -2.12. The zero-order chi connectivity index (χ0) is 13.9. The summed E-state index contributed by atoms with van der Waals surface area (Å²) in [6.45, 7) is 0. The molecule has 102 valence electrons. The molecule has 4 heteroatoms.